The Bertz CT molecular complexity index is 309. The summed E-state index contributed by atoms with van der Waals surface area (Å²) in [5.74, 6) is 0. The van der Waals surface area contributed by atoms with Crippen LogP contribution in [0.3, 0.4) is 0 Å². The van der Waals surface area contributed by atoms with E-state index in [4.69, 9.17) is 13.9 Å². The molecule has 0 aliphatic heterocycles. The number of aliphatic hydroxyl groups excluding tert-OH is 1. The molecule has 0 bridgehead atoms. The van der Waals surface area contributed by atoms with Gasteiger partial charge in [-0.1, -0.05) is 5.21 Å². The topological polar surface area (TPSA) is 89.4 Å². The van der Waals surface area contributed by atoms with Gasteiger partial charge in [0.15, 0.2) is 0 Å². The van der Waals surface area contributed by atoms with E-state index in [2.05, 4.69) is 15.2 Å². The third kappa shape index (κ3) is 5.73. The summed E-state index contributed by atoms with van der Waals surface area (Å²) >= 11 is 1.86. The van der Waals surface area contributed by atoms with Gasteiger partial charge in [0.1, 0.15) is 23.0 Å². The van der Waals surface area contributed by atoms with Crippen LogP contribution in [0.2, 0.25) is 0 Å². The maximum absolute atomic E-state index is 8.96. The van der Waals surface area contributed by atoms with Gasteiger partial charge in [-0.2, -0.15) is 0 Å². The first-order chi connectivity index (χ1) is 8.30. The molecule has 0 spiro atoms. The molecular weight excluding hydrogens is 337 g/mol. The zero-order valence-corrected chi connectivity index (χ0v) is 11.8. The molecule has 0 fully saturated rings. The van der Waals surface area contributed by atoms with Crippen LogP contribution in [0.1, 0.15) is 5.69 Å². The largest absolute Gasteiger partial charge is 0.395 e. The standard InChI is InChI=1S/C9H18IN5O2/c10-17-6-4-14(3-5-16)7-9-8-15(2-1-11)13-12-9/h8,16H,1-7,11H2. The quantitative estimate of drug-likeness (QED) is 0.575. The number of nitrogens with two attached hydrogens (primary N) is 1. The van der Waals surface area contributed by atoms with Crippen molar-refractivity contribution < 1.29 is 8.17 Å². The van der Waals surface area contributed by atoms with Crippen LogP contribution in [0.25, 0.3) is 0 Å². The fourth-order valence-electron chi connectivity index (χ4n) is 1.46. The molecule has 1 rings (SSSR count). The van der Waals surface area contributed by atoms with Gasteiger partial charge >= 0.3 is 0 Å². The Morgan fingerprint density at radius 3 is 3.00 bits per heavy atom. The second-order valence-corrected chi connectivity index (χ2v) is 4.20. The van der Waals surface area contributed by atoms with Crippen molar-refractivity contribution >= 4 is 23.0 Å². The van der Waals surface area contributed by atoms with Crippen LogP contribution in [0.15, 0.2) is 6.20 Å². The molecule has 0 aliphatic rings. The van der Waals surface area contributed by atoms with Crippen molar-refractivity contribution in [1.29, 1.82) is 0 Å². The van der Waals surface area contributed by atoms with E-state index in [1.54, 1.807) is 4.68 Å². The van der Waals surface area contributed by atoms with Crippen molar-refractivity contribution in [3.8, 4) is 0 Å². The molecule has 3 N–H and O–H groups in total. The summed E-state index contributed by atoms with van der Waals surface area (Å²) in [6, 6.07) is 0. The van der Waals surface area contributed by atoms with Crippen molar-refractivity contribution in [1.82, 2.24) is 19.9 Å². The van der Waals surface area contributed by atoms with Gasteiger partial charge in [-0.15, -0.1) is 5.10 Å². The Hall–Kier alpha value is -0.290. The Balaban J connectivity index is 2.46. The molecule has 0 atom stereocenters. The minimum absolute atomic E-state index is 0.123. The van der Waals surface area contributed by atoms with Gasteiger partial charge in [-0.3, -0.25) is 9.58 Å². The molecule has 8 heteroatoms. The first kappa shape index (κ1) is 14.8. The molecule has 0 unspecified atom stereocenters. The molecule has 17 heavy (non-hydrogen) atoms. The first-order valence-corrected chi connectivity index (χ1v) is 6.34. The minimum atomic E-state index is 0.123. The van der Waals surface area contributed by atoms with E-state index in [0.717, 1.165) is 12.2 Å². The lowest BCUT2D eigenvalue weighted by molar-refractivity contribution is 0.174. The van der Waals surface area contributed by atoms with Crippen LogP contribution in [0, 0.1) is 0 Å². The van der Waals surface area contributed by atoms with Gasteiger partial charge in [0, 0.05) is 32.4 Å². The molecule has 1 aromatic heterocycles. The zero-order chi connectivity index (χ0) is 12.5. The fraction of sp³-hybridized carbons (Fsp3) is 0.778. The summed E-state index contributed by atoms with van der Waals surface area (Å²) in [4.78, 5) is 2.06. The zero-order valence-electron chi connectivity index (χ0n) is 9.63. The number of halogens is 1. The molecular formula is C9H18IN5O2. The highest BCUT2D eigenvalue weighted by Gasteiger charge is 2.08. The molecule has 0 aliphatic carbocycles. The summed E-state index contributed by atoms with van der Waals surface area (Å²) in [5.41, 5.74) is 6.31. The Kier molecular flexibility index (Phi) is 7.60. The maximum Gasteiger partial charge on any atom is 0.109 e. The van der Waals surface area contributed by atoms with Gasteiger partial charge in [0.2, 0.25) is 0 Å². The van der Waals surface area contributed by atoms with E-state index in [-0.39, 0.29) is 6.61 Å². The number of aliphatic hydroxyl groups is 1. The molecule has 1 aromatic rings. The molecule has 0 saturated heterocycles. The Morgan fingerprint density at radius 2 is 2.35 bits per heavy atom. The average molecular weight is 355 g/mol. The van der Waals surface area contributed by atoms with E-state index >= 15 is 0 Å². The van der Waals surface area contributed by atoms with Crippen LogP contribution >= 0.6 is 23.0 Å². The van der Waals surface area contributed by atoms with E-state index in [1.807, 2.05) is 29.2 Å². The highest BCUT2D eigenvalue weighted by atomic mass is 127. The number of hydrogen-bond acceptors (Lipinski definition) is 6. The lowest BCUT2D eigenvalue weighted by Crippen LogP contribution is -2.29. The third-order valence-electron chi connectivity index (χ3n) is 2.23. The number of aromatic nitrogens is 3. The molecule has 0 radical (unpaired) electrons. The summed E-state index contributed by atoms with van der Waals surface area (Å²) in [6.45, 7) is 3.98. The monoisotopic (exact) mass is 355 g/mol. The Morgan fingerprint density at radius 1 is 1.53 bits per heavy atom. The average Bonchev–Trinajstić information content (AvgIpc) is 2.74. The van der Waals surface area contributed by atoms with Crippen LogP contribution in [0.5, 0.6) is 0 Å². The predicted molar refractivity (Wildman–Crippen MR) is 71.4 cm³/mol. The molecule has 98 valence electrons. The fourth-order valence-corrected chi connectivity index (χ4v) is 1.65. The van der Waals surface area contributed by atoms with Gasteiger partial charge < -0.3 is 13.9 Å². The number of hydrogen-bond donors (Lipinski definition) is 2. The highest BCUT2D eigenvalue weighted by molar-refractivity contribution is 14.1. The van der Waals surface area contributed by atoms with Gasteiger partial charge in [0.05, 0.1) is 25.5 Å². The van der Waals surface area contributed by atoms with E-state index in [0.29, 0.717) is 32.8 Å². The van der Waals surface area contributed by atoms with E-state index in [9.17, 15) is 0 Å². The summed E-state index contributed by atoms with van der Waals surface area (Å²) < 4.78 is 6.71. The summed E-state index contributed by atoms with van der Waals surface area (Å²) in [7, 11) is 0. The van der Waals surface area contributed by atoms with Crippen LogP contribution in [-0.2, 0) is 16.2 Å². The van der Waals surface area contributed by atoms with Gasteiger partial charge in [-0.05, 0) is 0 Å². The normalized spacial score (nSPS) is 11.3. The van der Waals surface area contributed by atoms with Crippen molar-refractivity contribution in [2.75, 3.05) is 32.8 Å². The molecule has 0 saturated carbocycles. The third-order valence-corrected chi connectivity index (χ3v) is 2.67. The molecule has 7 nitrogen and oxygen atoms in total. The van der Waals surface area contributed by atoms with Crippen LogP contribution in [-0.4, -0.2) is 57.8 Å². The lowest BCUT2D eigenvalue weighted by atomic mass is 10.4. The van der Waals surface area contributed by atoms with Crippen molar-refractivity contribution in [3.05, 3.63) is 11.9 Å². The van der Waals surface area contributed by atoms with Gasteiger partial charge in [0.25, 0.3) is 0 Å². The van der Waals surface area contributed by atoms with Crippen LogP contribution in [0.4, 0.5) is 0 Å². The molecule has 1 heterocycles. The number of rotatable bonds is 9. The highest BCUT2D eigenvalue weighted by Crippen LogP contribution is 2.01. The lowest BCUT2D eigenvalue weighted by Gasteiger charge is -2.18. The van der Waals surface area contributed by atoms with Gasteiger partial charge in [-0.25, -0.2) is 0 Å². The number of nitrogens with zero attached hydrogens (tertiary/aromatic N) is 4. The SMILES string of the molecule is NCCn1cc(CN(CCO)CCOI)nn1. The van der Waals surface area contributed by atoms with E-state index in [1.165, 1.54) is 0 Å². The van der Waals surface area contributed by atoms with Crippen LogP contribution < -0.4 is 5.73 Å². The maximum atomic E-state index is 8.96. The van der Waals surface area contributed by atoms with E-state index < -0.39 is 0 Å². The minimum Gasteiger partial charge on any atom is -0.395 e. The second-order valence-electron chi connectivity index (χ2n) is 3.57. The second kappa shape index (κ2) is 8.75. The Labute approximate surface area is 115 Å². The first-order valence-electron chi connectivity index (χ1n) is 5.46. The molecule has 0 amide bonds. The van der Waals surface area contributed by atoms with Crippen molar-refractivity contribution in [2.24, 2.45) is 5.73 Å². The molecule has 0 aromatic carbocycles. The smallest absolute Gasteiger partial charge is 0.109 e. The van der Waals surface area contributed by atoms with Crippen molar-refractivity contribution in [3.63, 3.8) is 0 Å². The predicted octanol–water partition coefficient (Wildman–Crippen LogP) is -0.602. The van der Waals surface area contributed by atoms with Crippen molar-refractivity contribution in [2.45, 2.75) is 13.1 Å². The summed E-state index contributed by atoms with van der Waals surface area (Å²) in [5, 5.41) is 17.0. The summed E-state index contributed by atoms with van der Waals surface area (Å²) in [6.07, 6.45) is 1.88.